The van der Waals surface area contributed by atoms with E-state index >= 15 is 0 Å². The van der Waals surface area contributed by atoms with E-state index in [0.29, 0.717) is 10.8 Å². The number of rotatable bonds is 2. The van der Waals surface area contributed by atoms with Crippen molar-refractivity contribution in [1.82, 2.24) is 14.4 Å². The lowest BCUT2D eigenvalue weighted by atomic mass is 10.1. The van der Waals surface area contributed by atoms with Gasteiger partial charge >= 0.3 is 5.97 Å². The average molecular weight is 274 g/mol. The summed E-state index contributed by atoms with van der Waals surface area (Å²) in [4.78, 5) is 18.9. The number of carboxylic acids is 1. The molecule has 3 aromatic rings. The second kappa shape index (κ2) is 4.37. The quantitative estimate of drug-likeness (QED) is 0.779. The Labute approximate surface area is 113 Å². The third-order valence-corrected chi connectivity index (χ3v) is 2.96. The Morgan fingerprint density at radius 1 is 1.16 bits per heavy atom. The number of carboxylic acid groups (broad SMARTS) is 1. The molecule has 94 valence electrons. The van der Waals surface area contributed by atoms with Crippen LogP contribution in [0.1, 0.15) is 10.5 Å². The van der Waals surface area contributed by atoms with E-state index in [0.717, 1.165) is 11.1 Å². The Balaban J connectivity index is 2.10. The van der Waals surface area contributed by atoms with Gasteiger partial charge < -0.3 is 5.11 Å². The molecule has 0 aliphatic heterocycles. The van der Waals surface area contributed by atoms with Gasteiger partial charge in [-0.3, -0.25) is 4.40 Å². The SMILES string of the molecule is O=C(O)c1cn2cc(-c3ccc(Cl)cc3)cnc2n1. The zero-order valence-corrected chi connectivity index (χ0v) is 10.4. The Hall–Kier alpha value is -2.40. The third-order valence-electron chi connectivity index (χ3n) is 2.71. The fourth-order valence-corrected chi connectivity index (χ4v) is 1.91. The van der Waals surface area contributed by atoms with Crippen LogP contribution in [0.15, 0.2) is 42.9 Å². The minimum atomic E-state index is -1.07. The minimum Gasteiger partial charge on any atom is -0.476 e. The van der Waals surface area contributed by atoms with E-state index in [1.165, 1.54) is 6.20 Å². The van der Waals surface area contributed by atoms with Gasteiger partial charge in [0, 0.05) is 29.2 Å². The number of aromatic nitrogens is 3. The van der Waals surface area contributed by atoms with Crippen LogP contribution in [0.5, 0.6) is 0 Å². The Morgan fingerprint density at radius 2 is 1.89 bits per heavy atom. The molecular formula is C13H8ClN3O2. The molecule has 0 spiro atoms. The molecule has 0 aliphatic rings. The molecule has 0 radical (unpaired) electrons. The van der Waals surface area contributed by atoms with Gasteiger partial charge in [0.15, 0.2) is 5.69 Å². The second-order valence-electron chi connectivity index (χ2n) is 3.99. The summed E-state index contributed by atoms with van der Waals surface area (Å²) in [6.07, 6.45) is 4.87. The van der Waals surface area contributed by atoms with Crippen LogP contribution in [0.4, 0.5) is 0 Å². The van der Waals surface area contributed by atoms with Crippen LogP contribution >= 0.6 is 11.6 Å². The standard InChI is InChI=1S/C13H8ClN3O2/c14-10-3-1-8(2-4-10)9-5-15-13-16-11(12(18)19)7-17(13)6-9/h1-7H,(H,18,19). The highest BCUT2D eigenvalue weighted by atomic mass is 35.5. The Morgan fingerprint density at radius 3 is 2.58 bits per heavy atom. The Bertz CT molecular complexity index is 765. The number of halogens is 1. The van der Waals surface area contributed by atoms with Crippen LogP contribution in [-0.4, -0.2) is 25.4 Å². The summed E-state index contributed by atoms with van der Waals surface area (Å²) >= 11 is 5.84. The molecule has 0 amide bonds. The lowest BCUT2D eigenvalue weighted by molar-refractivity contribution is 0.0691. The predicted octanol–water partition coefficient (Wildman–Crippen LogP) is 2.75. The van der Waals surface area contributed by atoms with E-state index in [1.54, 1.807) is 28.9 Å². The molecule has 5 nitrogen and oxygen atoms in total. The van der Waals surface area contributed by atoms with Crippen LogP contribution < -0.4 is 0 Å². The molecule has 2 aromatic heterocycles. The van der Waals surface area contributed by atoms with Crippen molar-refractivity contribution in [3.8, 4) is 11.1 Å². The van der Waals surface area contributed by atoms with E-state index in [4.69, 9.17) is 16.7 Å². The highest BCUT2D eigenvalue weighted by Gasteiger charge is 2.10. The lowest BCUT2D eigenvalue weighted by Crippen LogP contribution is -1.94. The molecule has 0 atom stereocenters. The number of imidazole rings is 1. The maximum absolute atomic E-state index is 10.8. The fraction of sp³-hybridized carbons (Fsp3) is 0. The second-order valence-corrected chi connectivity index (χ2v) is 4.42. The summed E-state index contributed by atoms with van der Waals surface area (Å²) < 4.78 is 1.59. The normalized spacial score (nSPS) is 10.8. The fourth-order valence-electron chi connectivity index (χ4n) is 1.78. The average Bonchev–Trinajstić information content (AvgIpc) is 2.82. The molecule has 0 aliphatic carbocycles. The first kappa shape index (κ1) is 11.7. The minimum absolute atomic E-state index is 0.0271. The number of nitrogens with zero attached hydrogens (tertiary/aromatic N) is 3. The molecule has 2 heterocycles. The van der Waals surface area contributed by atoms with Crippen molar-refractivity contribution >= 4 is 23.3 Å². The number of benzene rings is 1. The topological polar surface area (TPSA) is 67.5 Å². The first-order valence-corrected chi connectivity index (χ1v) is 5.85. The molecule has 0 bridgehead atoms. The van der Waals surface area contributed by atoms with Crippen LogP contribution in [0, 0.1) is 0 Å². The number of fused-ring (bicyclic) bond motifs is 1. The van der Waals surface area contributed by atoms with Crippen LogP contribution in [0.25, 0.3) is 16.9 Å². The van der Waals surface area contributed by atoms with E-state index in [9.17, 15) is 4.79 Å². The first-order chi connectivity index (χ1) is 9.13. The first-order valence-electron chi connectivity index (χ1n) is 5.47. The zero-order chi connectivity index (χ0) is 13.4. The number of hydrogen-bond donors (Lipinski definition) is 1. The largest absolute Gasteiger partial charge is 0.476 e. The van der Waals surface area contributed by atoms with Gasteiger partial charge in [0.05, 0.1) is 0 Å². The molecular weight excluding hydrogens is 266 g/mol. The number of hydrogen-bond acceptors (Lipinski definition) is 3. The van der Waals surface area contributed by atoms with Gasteiger partial charge in [0.25, 0.3) is 0 Å². The molecule has 0 saturated heterocycles. The van der Waals surface area contributed by atoms with E-state index < -0.39 is 5.97 Å². The van der Waals surface area contributed by atoms with Gasteiger partial charge in [0.2, 0.25) is 5.78 Å². The van der Waals surface area contributed by atoms with Crippen LogP contribution in [0.3, 0.4) is 0 Å². The van der Waals surface area contributed by atoms with Gasteiger partial charge in [-0.2, -0.15) is 0 Å². The molecule has 1 N–H and O–H groups in total. The zero-order valence-electron chi connectivity index (χ0n) is 9.62. The van der Waals surface area contributed by atoms with Crippen molar-refractivity contribution in [3.05, 3.63) is 53.6 Å². The van der Waals surface area contributed by atoms with Gasteiger partial charge in [-0.15, -0.1) is 0 Å². The van der Waals surface area contributed by atoms with E-state index in [2.05, 4.69) is 9.97 Å². The summed E-state index contributed by atoms with van der Waals surface area (Å²) in [6, 6.07) is 7.33. The third kappa shape index (κ3) is 2.15. The van der Waals surface area contributed by atoms with Crippen LogP contribution in [-0.2, 0) is 0 Å². The van der Waals surface area contributed by atoms with Crippen LogP contribution in [0.2, 0.25) is 5.02 Å². The van der Waals surface area contributed by atoms with Crippen molar-refractivity contribution in [2.45, 2.75) is 0 Å². The molecule has 0 saturated carbocycles. The predicted molar refractivity (Wildman–Crippen MR) is 70.4 cm³/mol. The molecule has 6 heteroatoms. The summed E-state index contributed by atoms with van der Waals surface area (Å²) in [7, 11) is 0. The highest BCUT2D eigenvalue weighted by molar-refractivity contribution is 6.30. The molecule has 0 unspecified atom stereocenters. The summed E-state index contributed by atoms with van der Waals surface area (Å²) in [5.41, 5.74) is 1.78. The molecule has 19 heavy (non-hydrogen) atoms. The summed E-state index contributed by atoms with van der Waals surface area (Å²) in [5.74, 6) is -0.714. The monoisotopic (exact) mass is 273 g/mol. The molecule has 3 rings (SSSR count). The number of aromatic carboxylic acids is 1. The maximum Gasteiger partial charge on any atom is 0.356 e. The maximum atomic E-state index is 10.8. The van der Waals surface area contributed by atoms with Crippen molar-refractivity contribution in [3.63, 3.8) is 0 Å². The highest BCUT2D eigenvalue weighted by Crippen LogP contribution is 2.21. The van der Waals surface area contributed by atoms with Gasteiger partial charge in [0.1, 0.15) is 0 Å². The number of carbonyl (C=O) groups is 1. The van der Waals surface area contributed by atoms with Gasteiger partial charge in [-0.25, -0.2) is 14.8 Å². The summed E-state index contributed by atoms with van der Waals surface area (Å²) in [6.45, 7) is 0. The molecule has 1 aromatic carbocycles. The lowest BCUT2D eigenvalue weighted by Gasteiger charge is -2.01. The van der Waals surface area contributed by atoms with Gasteiger partial charge in [-0.1, -0.05) is 23.7 Å². The Kier molecular flexibility index (Phi) is 2.68. The summed E-state index contributed by atoms with van der Waals surface area (Å²) in [5, 5.41) is 9.55. The van der Waals surface area contributed by atoms with E-state index in [-0.39, 0.29) is 5.69 Å². The van der Waals surface area contributed by atoms with Crippen molar-refractivity contribution in [2.75, 3.05) is 0 Å². The van der Waals surface area contributed by atoms with E-state index in [1.807, 2.05) is 12.1 Å². The molecule has 0 fully saturated rings. The smallest absolute Gasteiger partial charge is 0.356 e. The van der Waals surface area contributed by atoms with Crippen molar-refractivity contribution in [1.29, 1.82) is 0 Å². The van der Waals surface area contributed by atoms with Crippen molar-refractivity contribution < 1.29 is 9.90 Å². The van der Waals surface area contributed by atoms with Crippen molar-refractivity contribution in [2.24, 2.45) is 0 Å². The van der Waals surface area contributed by atoms with Gasteiger partial charge in [-0.05, 0) is 17.7 Å².